The van der Waals surface area contributed by atoms with Gasteiger partial charge < -0.3 is 10.6 Å². The number of hydrogen-bond acceptors (Lipinski definition) is 6. The minimum Gasteiger partial charge on any atom is -0.486 e. The third-order valence-electron chi connectivity index (χ3n) is 4.76. The lowest BCUT2D eigenvalue weighted by Gasteiger charge is -2.09. The van der Waals surface area contributed by atoms with E-state index in [0.717, 1.165) is 22.2 Å². The van der Waals surface area contributed by atoms with Gasteiger partial charge in [0.25, 0.3) is 0 Å². The van der Waals surface area contributed by atoms with Crippen molar-refractivity contribution in [2.45, 2.75) is 37.3 Å². The number of rotatable bonds is 7. The molecule has 0 fully saturated rings. The molecule has 0 saturated carbocycles. The Morgan fingerprint density at radius 2 is 1.87 bits per heavy atom. The Hall–Kier alpha value is -2.77. The molecule has 2 N–H and O–H groups in total. The number of hydrogen-bond donors (Lipinski definition) is 1. The van der Waals surface area contributed by atoms with Gasteiger partial charge in [-0.1, -0.05) is 67.5 Å². The second kappa shape index (κ2) is 8.93. The summed E-state index contributed by atoms with van der Waals surface area (Å²) < 4.78 is 7.26. The Morgan fingerprint density at radius 3 is 2.63 bits per heavy atom. The molecule has 0 amide bonds. The van der Waals surface area contributed by atoms with Crippen molar-refractivity contribution in [3.8, 4) is 5.75 Å². The molecule has 0 aliphatic carbocycles. The zero-order chi connectivity index (χ0) is 21.1. The fourth-order valence-corrected chi connectivity index (χ4v) is 4.12. The number of nitrogens with zero attached hydrogens (tertiary/aromatic N) is 4. The smallest absolute Gasteiger partial charge is 0.210 e. The van der Waals surface area contributed by atoms with Gasteiger partial charge in [-0.05, 0) is 35.7 Å². The number of thioether (sulfide) groups is 1. The second-order valence-corrected chi connectivity index (χ2v) is 8.50. The van der Waals surface area contributed by atoms with Gasteiger partial charge in [-0.2, -0.15) is 0 Å². The fraction of sp³-hybridized carbons (Fsp3) is 0.227. The highest BCUT2D eigenvalue weighted by molar-refractivity contribution is 7.98. The van der Waals surface area contributed by atoms with E-state index in [9.17, 15) is 0 Å². The molecule has 2 aromatic heterocycles. The van der Waals surface area contributed by atoms with Crippen molar-refractivity contribution >= 4 is 34.3 Å². The molecule has 30 heavy (non-hydrogen) atoms. The van der Waals surface area contributed by atoms with Crippen LogP contribution in [0.15, 0.2) is 59.8 Å². The van der Waals surface area contributed by atoms with Crippen LogP contribution in [-0.2, 0) is 12.4 Å². The van der Waals surface area contributed by atoms with Crippen LogP contribution in [0.5, 0.6) is 5.75 Å². The highest BCUT2D eigenvalue weighted by Crippen LogP contribution is 2.27. The molecule has 0 aliphatic heterocycles. The van der Waals surface area contributed by atoms with Crippen LogP contribution in [0.25, 0.3) is 10.9 Å². The van der Waals surface area contributed by atoms with E-state index in [4.69, 9.17) is 22.2 Å². The summed E-state index contributed by atoms with van der Waals surface area (Å²) in [5.74, 6) is 8.55. The number of nitrogen functional groups attached to an aromatic ring is 1. The Kier molecular flexibility index (Phi) is 6.11. The van der Waals surface area contributed by atoms with E-state index in [1.165, 1.54) is 22.0 Å². The molecular weight excluding hydrogens is 418 g/mol. The number of fused-ring (bicyclic) bond motifs is 1. The number of benzene rings is 2. The van der Waals surface area contributed by atoms with Crippen molar-refractivity contribution in [1.82, 2.24) is 19.9 Å². The maximum absolute atomic E-state index is 6.34. The Balaban J connectivity index is 1.40. The molecule has 8 heteroatoms. The third-order valence-corrected chi connectivity index (χ3v) is 6.08. The molecule has 6 nitrogen and oxygen atoms in total. The van der Waals surface area contributed by atoms with Crippen LogP contribution in [0.4, 0.5) is 0 Å². The summed E-state index contributed by atoms with van der Waals surface area (Å²) in [4.78, 5) is 4.45. The number of halogens is 1. The van der Waals surface area contributed by atoms with Gasteiger partial charge in [0.15, 0.2) is 5.82 Å². The van der Waals surface area contributed by atoms with Gasteiger partial charge in [-0.3, -0.25) is 0 Å². The van der Waals surface area contributed by atoms with Crippen LogP contribution < -0.4 is 10.6 Å². The first kappa shape index (κ1) is 20.5. The first-order chi connectivity index (χ1) is 14.5. The summed E-state index contributed by atoms with van der Waals surface area (Å²) in [6.45, 7) is 4.56. The van der Waals surface area contributed by atoms with Gasteiger partial charge in [0, 0.05) is 16.7 Å². The molecule has 0 bridgehead atoms. The minimum atomic E-state index is 0.239. The van der Waals surface area contributed by atoms with Crippen molar-refractivity contribution in [3.63, 3.8) is 0 Å². The second-order valence-electron chi connectivity index (χ2n) is 7.20. The maximum Gasteiger partial charge on any atom is 0.210 e. The van der Waals surface area contributed by atoms with Crippen LogP contribution in [0, 0.1) is 0 Å². The maximum atomic E-state index is 6.34. The van der Waals surface area contributed by atoms with Crippen molar-refractivity contribution in [1.29, 1.82) is 0 Å². The molecule has 2 heterocycles. The minimum absolute atomic E-state index is 0.239. The lowest BCUT2D eigenvalue weighted by atomic mass is 10.0. The molecule has 154 valence electrons. The summed E-state index contributed by atoms with van der Waals surface area (Å²) in [6.07, 6.45) is 0. The van der Waals surface area contributed by atoms with Crippen molar-refractivity contribution in [2.24, 2.45) is 0 Å². The van der Waals surface area contributed by atoms with Gasteiger partial charge in [0.05, 0.1) is 5.52 Å². The van der Waals surface area contributed by atoms with Crippen LogP contribution in [0.1, 0.15) is 36.7 Å². The molecule has 0 spiro atoms. The topological polar surface area (TPSA) is 78.9 Å². The standard InChI is InChI=1S/C22H22ClN5OS/c1-14(2)15-7-9-18(10-8-15)29-12-20-26-27-22(28(20)24)30-13-17-11-16-5-3-4-6-19(16)25-21(17)23/h3-11,14H,12-13,24H2,1-2H3. The summed E-state index contributed by atoms with van der Waals surface area (Å²) in [7, 11) is 0. The highest BCUT2D eigenvalue weighted by Gasteiger charge is 2.13. The van der Waals surface area contributed by atoms with Crippen LogP contribution in [0.3, 0.4) is 0 Å². The van der Waals surface area contributed by atoms with Crippen LogP contribution >= 0.6 is 23.4 Å². The zero-order valence-corrected chi connectivity index (χ0v) is 18.3. The number of pyridine rings is 1. The van der Waals surface area contributed by atoms with Crippen molar-refractivity contribution in [3.05, 3.63) is 76.7 Å². The summed E-state index contributed by atoms with van der Waals surface area (Å²) >= 11 is 7.80. The predicted molar refractivity (Wildman–Crippen MR) is 121 cm³/mol. The van der Waals surface area contributed by atoms with E-state index in [1.54, 1.807) is 0 Å². The molecule has 0 saturated heterocycles. The molecule has 2 aromatic carbocycles. The number of ether oxygens (including phenoxy) is 1. The van der Waals surface area contributed by atoms with Gasteiger partial charge in [-0.15, -0.1) is 10.2 Å². The quantitative estimate of drug-likeness (QED) is 0.242. The SMILES string of the molecule is CC(C)c1ccc(OCc2nnc(SCc3cc4ccccc4nc3Cl)n2N)cc1. The lowest BCUT2D eigenvalue weighted by molar-refractivity contribution is 0.291. The average Bonchev–Trinajstić information content (AvgIpc) is 3.10. The molecule has 0 radical (unpaired) electrons. The molecular formula is C22H22ClN5OS. The van der Waals surface area contributed by atoms with Gasteiger partial charge >= 0.3 is 0 Å². The van der Waals surface area contributed by atoms with E-state index >= 15 is 0 Å². The molecule has 0 unspecified atom stereocenters. The van der Waals surface area contributed by atoms with Crippen LogP contribution in [-0.4, -0.2) is 19.9 Å². The van der Waals surface area contributed by atoms with E-state index in [-0.39, 0.29) is 6.61 Å². The van der Waals surface area contributed by atoms with Crippen molar-refractivity contribution < 1.29 is 4.74 Å². The zero-order valence-electron chi connectivity index (χ0n) is 16.7. The molecule has 0 aliphatic rings. The summed E-state index contributed by atoms with van der Waals surface area (Å²) in [6, 6.07) is 18.0. The normalized spacial score (nSPS) is 11.3. The monoisotopic (exact) mass is 439 g/mol. The lowest BCUT2D eigenvalue weighted by Crippen LogP contribution is -2.15. The van der Waals surface area contributed by atoms with E-state index < -0.39 is 0 Å². The first-order valence-corrected chi connectivity index (χ1v) is 11.0. The van der Waals surface area contributed by atoms with E-state index in [1.807, 2.05) is 42.5 Å². The van der Waals surface area contributed by atoms with E-state index in [0.29, 0.717) is 27.8 Å². The van der Waals surface area contributed by atoms with Crippen molar-refractivity contribution in [2.75, 3.05) is 5.84 Å². The fourth-order valence-electron chi connectivity index (χ4n) is 2.98. The summed E-state index contributed by atoms with van der Waals surface area (Å²) in [5, 5.41) is 10.5. The van der Waals surface area contributed by atoms with Gasteiger partial charge in [-0.25, -0.2) is 9.66 Å². The molecule has 4 rings (SSSR count). The Labute approximate surface area is 184 Å². The highest BCUT2D eigenvalue weighted by atomic mass is 35.5. The number of para-hydroxylation sites is 1. The third kappa shape index (κ3) is 4.52. The average molecular weight is 440 g/mol. The van der Waals surface area contributed by atoms with Gasteiger partial charge in [0.2, 0.25) is 5.16 Å². The molecule has 4 aromatic rings. The first-order valence-electron chi connectivity index (χ1n) is 9.60. The van der Waals surface area contributed by atoms with E-state index in [2.05, 4.69) is 41.2 Å². The van der Waals surface area contributed by atoms with Gasteiger partial charge in [0.1, 0.15) is 17.5 Å². The Morgan fingerprint density at radius 1 is 1.10 bits per heavy atom. The number of nitrogens with two attached hydrogens (primary N) is 1. The largest absolute Gasteiger partial charge is 0.486 e. The predicted octanol–water partition coefficient (Wildman–Crippen LogP) is 5.19. The van der Waals surface area contributed by atoms with Crippen LogP contribution in [0.2, 0.25) is 5.15 Å². The Bertz CT molecular complexity index is 1160. The molecule has 0 atom stereocenters. The number of aromatic nitrogens is 4. The summed E-state index contributed by atoms with van der Waals surface area (Å²) in [5.41, 5.74) is 3.07.